The zero-order valence-corrected chi connectivity index (χ0v) is 11.8. The molecule has 1 aliphatic rings. The standard InChI is InChI=1S/C14H25N3O/c1-4-7-15-14(11-6-8-18-10-11)12-9-17(3)16-13(12)5-2/h9,11,14-15H,4-8,10H2,1-3H3. The minimum atomic E-state index is 0.399. The average Bonchev–Trinajstić information content (AvgIpc) is 2.99. The summed E-state index contributed by atoms with van der Waals surface area (Å²) in [4.78, 5) is 0. The molecule has 1 saturated heterocycles. The molecule has 18 heavy (non-hydrogen) atoms. The molecule has 0 aliphatic carbocycles. The second kappa shape index (κ2) is 6.34. The van der Waals surface area contributed by atoms with Crippen molar-refractivity contribution >= 4 is 0 Å². The van der Waals surface area contributed by atoms with E-state index >= 15 is 0 Å². The average molecular weight is 251 g/mol. The van der Waals surface area contributed by atoms with Crippen LogP contribution in [-0.4, -0.2) is 29.5 Å². The molecule has 4 heteroatoms. The number of nitrogens with one attached hydrogen (secondary N) is 1. The highest BCUT2D eigenvalue weighted by molar-refractivity contribution is 5.22. The van der Waals surface area contributed by atoms with E-state index in [-0.39, 0.29) is 0 Å². The van der Waals surface area contributed by atoms with Crippen molar-refractivity contribution in [3.63, 3.8) is 0 Å². The van der Waals surface area contributed by atoms with Gasteiger partial charge in [0.05, 0.1) is 12.3 Å². The van der Waals surface area contributed by atoms with E-state index in [2.05, 4.69) is 30.5 Å². The van der Waals surface area contributed by atoms with Crippen molar-refractivity contribution in [2.45, 2.75) is 39.2 Å². The lowest BCUT2D eigenvalue weighted by Gasteiger charge is -2.23. The number of hydrogen-bond donors (Lipinski definition) is 1. The molecule has 0 amide bonds. The van der Waals surface area contributed by atoms with Gasteiger partial charge in [0.15, 0.2) is 0 Å². The van der Waals surface area contributed by atoms with E-state index in [0.717, 1.165) is 39.0 Å². The van der Waals surface area contributed by atoms with Crippen LogP contribution in [0.15, 0.2) is 6.20 Å². The second-order valence-corrected chi connectivity index (χ2v) is 5.11. The molecule has 1 aromatic heterocycles. The molecule has 2 heterocycles. The van der Waals surface area contributed by atoms with Crippen LogP contribution < -0.4 is 5.32 Å². The Labute approximate surface area is 110 Å². The van der Waals surface area contributed by atoms with Crippen molar-refractivity contribution in [3.8, 4) is 0 Å². The van der Waals surface area contributed by atoms with E-state index in [4.69, 9.17) is 4.74 Å². The van der Waals surface area contributed by atoms with E-state index in [9.17, 15) is 0 Å². The van der Waals surface area contributed by atoms with Crippen LogP contribution in [0.2, 0.25) is 0 Å². The van der Waals surface area contributed by atoms with Crippen LogP contribution in [0.5, 0.6) is 0 Å². The van der Waals surface area contributed by atoms with Gasteiger partial charge in [-0.15, -0.1) is 0 Å². The van der Waals surface area contributed by atoms with Gasteiger partial charge in [-0.1, -0.05) is 13.8 Å². The number of ether oxygens (including phenoxy) is 1. The van der Waals surface area contributed by atoms with Crippen molar-refractivity contribution < 1.29 is 4.74 Å². The molecule has 0 aromatic carbocycles. The van der Waals surface area contributed by atoms with Gasteiger partial charge in [-0.05, 0) is 25.8 Å². The first-order chi connectivity index (χ1) is 8.76. The quantitative estimate of drug-likeness (QED) is 0.841. The largest absolute Gasteiger partial charge is 0.381 e. The van der Waals surface area contributed by atoms with Gasteiger partial charge in [0, 0.05) is 37.4 Å². The fourth-order valence-electron chi connectivity index (χ4n) is 2.73. The molecule has 2 rings (SSSR count). The summed E-state index contributed by atoms with van der Waals surface area (Å²) in [6.07, 6.45) is 5.48. The van der Waals surface area contributed by atoms with Gasteiger partial charge in [0.25, 0.3) is 0 Å². The monoisotopic (exact) mass is 251 g/mol. The minimum Gasteiger partial charge on any atom is -0.381 e. The van der Waals surface area contributed by atoms with E-state index < -0.39 is 0 Å². The van der Waals surface area contributed by atoms with E-state index in [0.29, 0.717) is 12.0 Å². The fourth-order valence-corrected chi connectivity index (χ4v) is 2.73. The van der Waals surface area contributed by atoms with Crippen LogP contribution in [0.4, 0.5) is 0 Å². The normalized spacial score (nSPS) is 21.4. The molecule has 1 aromatic rings. The second-order valence-electron chi connectivity index (χ2n) is 5.11. The third-order valence-corrected chi connectivity index (χ3v) is 3.66. The number of rotatable bonds is 6. The predicted octanol–water partition coefficient (Wildman–Crippen LogP) is 2.06. The number of aryl methyl sites for hydroxylation is 2. The molecular formula is C14H25N3O. The lowest BCUT2D eigenvalue weighted by Crippen LogP contribution is -2.29. The van der Waals surface area contributed by atoms with Gasteiger partial charge < -0.3 is 10.1 Å². The minimum absolute atomic E-state index is 0.399. The van der Waals surface area contributed by atoms with Crippen LogP contribution in [-0.2, 0) is 18.2 Å². The summed E-state index contributed by atoms with van der Waals surface area (Å²) in [6, 6.07) is 0.399. The SMILES string of the molecule is CCCNC(c1cn(C)nc1CC)C1CCOC1. The van der Waals surface area contributed by atoms with Gasteiger partial charge in [0.2, 0.25) is 0 Å². The molecule has 0 saturated carbocycles. The number of aromatic nitrogens is 2. The van der Waals surface area contributed by atoms with Crippen LogP contribution in [0.1, 0.15) is 44.0 Å². The summed E-state index contributed by atoms with van der Waals surface area (Å²) in [5.41, 5.74) is 2.59. The Morgan fingerprint density at radius 1 is 1.56 bits per heavy atom. The van der Waals surface area contributed by atoms with Crippen molar-refractivity contribution in [2.24, 2.45) is 13.0 Å². The first kappa shape index (κ1) is 13.6. The Kier molecular flexibility index (Phi) is 4.78. The van der Waals surface area contributed by atoms with Crippen LogP contribution >= 0.6 is 0 Å². The van der Waals surface area contributed by atoms with Crippen molar-refractivity contribution in [1.82, 2.24) is 15.1 Å². The first-order valence-electron chi connectivity index (χ1n) is 7.09. The smallest absolute Gasteiger partial charge is 0.0669 e. The molecule has 4 nitrogen and oxygen atoms in total. The van der Waals surface area contributed by atoms with Gasteiger partial charge in [0.1, 0.15) is 0 Å². The van der Waals surface area contributed by atoms with E-state index in [1.807, 2.05) is 11.7 Å². The topological polar surface area (TPSA) is 39.1 Å². The molecule has 1 fully saturated rings. The van der Waals surface area contributed by atoms with Crippen LogP contribution in [0, 0.1) is 5.92 Å². The summed E-state index contributed by atoms with van der Waals surface area (Å²) in [7, 11) is 2.00. The summed E-state index contributed by atoms with van der Waals surface area (Å²) >= 11 is 0. The maximum atomic E-state index is 5.55. The summed E-state index contributed by atoms with van der Waals surface area (Å²) in [6.45, 7) is 7.21. The van der Waals surface area contributed by atoms with Gasteiger partial charge in [-0.2, -0.15) is 5.10 Å². The molecule has 1 N–H and O–H groups in total. The highest BCUT2D eigenvalue weighted by Gasteiger charge is 2.29. The van der Waals surface area contributed by atoms with Crippen LogP contribution in [0.25, 0.3) is 0 Å². The zero-order valence-electron chi connectivity index (χ0n) is 11.8. The Bertz CT molecular complexity index is 369. The first-order valence-corrected chi connectivity index (χ1v) is 7.09. The molecular weight excluding hydrogens is 226 g/mol. The molecule has 0 bridgehead atoms. The third-order valence-electron chi connectivity index (χ3n) is 3.66. The molecule has 2 unspecified atom stereocenters. The molecule has 2 atom stereocenters. The Morgan fingerprint density at radius 2 is 2.39 bits per heavy atom. The number of hydrogen-bond acceptors (Lipinski definition) is 3. The summed E-state index contributed by atoms with van der Waals surface area (Å²) in [5.74, 6) is 0.589. The Hall–Kier alpha value is -0.870. The summed E-state index contributed by atoms with van der Waals surface area (Å²) in [5, 5.41) is 8.25. The van der Waals surface area contributed by atoms with Crippen molar-refractivity contribution in [2.75, 3.05) is 19.8 Å². The molecule has 102 valence electrons. The zero-order chi connectivity index (χ0) is 13.0. The van der Waals surface area contributed by atoms with Gasteiger partial charge in [-0.25, -0.2) is 0 Å². The highest BCUT2D eigenvalue weighted by atomic mass is 16.5. The van der Waals surface area contributed by atoms with E-state index in [1.165, 1.54) is 11.3 Å². The molecule has 0 spiro atoms. The maximum absolute atomic E-state index is 5.55. The van der Waals surface area contributed by atoms with Crippen LogP contribution in [0.3, 0.4) is 0 Å². The molecule has 0 radical (unpaired) electrons. The third kappa shape index (κ3) is 2.93. The van der Waals surface area contributed by atoms with Crippen molar-refractivity contribution in [1.29, 1.82) is 0 Å². The Balaban J connectivity index is 2.20. The lowest BCUT2D eigenvalue weighted by atomic mass is 9.92. The number of nitrogens with zero attached hydrogens (tertiary/aromatic N) is 2. The van der Waals surface area contributed by atoms with Gasteiger partial charge >= 0.3 is 0 Å². The molecule has 1 aliphatic heterocycles. The lowest BCUT2D eigenvalue weighted by molar-refractivity contribution is 0.176. The summed E-state index contributed by atoms with van der Waals surface area (Å²) < 4.78 is 7.49. The van der Waals surface area contributed by atoms with Gasteiger partial charge in [-0.3, -0.25) is 4.68 Å². The predicted molar refractivity (Wildman–Crippen MR) is 72.5 cm³/mol. The van der Waals surface area contributed by atoms with Crippen molar-refractivity contribution in [3.05, 3.63) is 17.5 Å². The van der Waals surface area contributed by atoms with E-state index in [1.54, 1.807) is 0 Å². The fraction of sp³-hybridized carbons (Fsp3) is 0.786. The highest BCUT2D eigenvalue weighted by Crippen LogP contribution is 2.30. The maximum Gasteiger partial charge on any atom is 0.0669 e. The Morgan fingerprint density at radius 3 is 3.00 bits per heavy atom.